The summed E-state index contributed by atoms with van der Waals surface area (Å²) in [7, 11) is 0. The van der Waals surface area contributed by atoms with Crippen LogP contribution in [0.5, 0.6) is 0 Å². The van der Waals surface area contributed by atoms with E-state index in [0.29, 0.717) is 31.8 Å². The Hall–Kier alpha value is -1.88. The van der Waals surface area contributed by atoms with Gasteiger partial charge in [0.25, 0.3) is 0 Å². The summed E-state index contributed by atoms with van der Waals surface area (Å²) in [4.78, 5) is 22.3. The molecule has 5 nitrogen and oxygen atoms in total. The van der Waals surface area contributed by atoms with Crippen LogP contribution in [0, 0.1) is 11.8 Å². The van der Waals surface area contributed by atoms with E-state index in [-0.39, 0.29) is 0 Å². The van der Waals surface area contributed by atoms with E-state index in [1.54, 1.807) is 0 Å². The van der Waals surface area contributed by atoms with Gasteiger partial charge in [-0.3, -0.25) is 9.59 Å². The Morgan fingerprint density at radius 1 is 1.30 bits per heavy atom. The first-order valence-electron chi connectivity index (χ1n) is 8.27. The second kappa shape index (κ2) is 9.30. The summed E-state index contributed by atoms with van der Waals surface area (Å²) in [5.41, 5.74) is 0.993. The second-order valence-electron chi connectivity index (χ2n) is 6.23. The maximum Gasteiger partial charge on any atom is 0.306 e. The zero-order valence-corrected chi connectivity index (χ0v) is 13.3. The molecular weight excluding hydrogens is 294 g/mol. The smallest absolute Gasteiger partial charge is 0.306 e. The number of aliphatic carboxylic acids is 1. The van der Waals surface area contributed by atoms with Crippen molar-refractivity contribution in [1.82, 2.24) is 5.32 Å². The van der Waals surface area contributed by atoms with Gasteiger partial charge in [0.1, 0.15) is 6.23 Å². The molecule has 2 rings (SSSR count). The molecule has 1 fully saturated rings. The van der Waals surface area contributed by atoms with Gasteiger partial charge in [0.15, 0.2) is 0 Å². The first kappa shape index (κ1) is 17.5. The molecule has 1 amide bonds. The molecule has 0 aromatic heterocycles. The maximum atomic E-state index is 11.5. The molecule has 2 N–H and O–H groups in total. The number of hydrogen-bond acceptors (Lipinski definition) is 3. The molecule has 2 unspecified atom stereocenters. The topological polar surface area (TPSA) is 75.6 Å². The van der Waals surface area contributed by atoms with Crippen molar-refractivity contribution >= 4 is 12.4 Å². The lowest BCUT2D eigenvalue weighted by molar-refractivity contribution is -0.145. The molecule has 0 saturated heterocycles. The molecule has 0 heterocycles. The van der Waals surface area contributed by atoms with Crippen LogP contribution in [0.25, 0.3) is 0 Å². The molecular formula is C18H25NO4. The molecule has 1 saturated carbocycles. The Morgan fingerprint density at radius 2 is 2.00 bits per heavy atom. The van der Waals surface area contributed by atoms with Crippen molar-refractivity contribution in [3.63, 3.8) is 0 Å². The number of carboxylic acid groups (broad SMARTS) is 1. The number of nitrogens with one attached hydrogen (secondary N) is 1. The van der Waals surface area contributed by atoms with Crippen molar-refractivity contribution in [3.05, 3.63) is 35.9 Å². The lowest BCUT2D eigenvalue weighted by Crippen LogP contribution is -2.35. The van der Waals surface area contributed by atoms with Gasteiger partial charge in [0.05, 0.1) is 12.5 Å². The first-order chi connectivity index (χ1) is 11.2. The highest BCUT2D eigenvalue weighted by Gasteiger charge is 2.27. The highest BCUT2D eigenvalue weighted by molar-refractivity contribution is 5.70. The third-order valence-electron chi connectivity index (χ3n) is 4.49. The van der Waals surface area contributed by atoms with Crippen LogP contribution in [-0.2, 0) is 20.9 Å². The van der Waals surface area contributed by atoms with E-state index < -0.39 is 18.1 Å². The molecule has 1 aliphatic carbocycles. The molecule has 1 aromatic rings. The highest BCUT2D eigenvalue weighted by atomic mass is 16.5. The van der Waals surface area contributed by atoms with Crippen LogP contribution in [-0.4, -0.2) is 23.7 Å². The molecule has 1 aliphatic rings. The number of carboxylic acids is 1. The summed E-state index contributed by atoms with van der Waals surface area (Å²) >= 11 is 0. The molecule has 0 spiro atoms. The molecule has 2 atom stereocenters. The minimum Gasteiger partial charge on any atom is -0.481 e. The zero-order valence-electron chi connectivity index (χ0n) is 13.3. The molecule has 1 aromatic carbocycles. The van der Waals surface area contributed by atoms with E-state index in [1.165, 1.54) is 12.8 Å². The number of hydrogen-bond donors (Lipinski definition) is 2. The third kappa shape index (κ3) is 6.02. The Bertz CT molecular complexity index is 485. The van der Waals surface area contributed by atoms with Crippen molar-refractivity contribution < 1.29 is 19.4 Å². The molecule has 5 heteroatoms. The third-order valence-corrected chi connectivity index (χ3v) is 4.49. The summed E-state index contributed by atoms with van der Waals surface area (Å²) < 4.78 is 5.71. The van der Waals surface area contributed by atoms with Crippen molar-refractivity contribution in [2.75, 3.05) is 0 Å². The first-order valence-corrected chi connectivity index (χ1v) is 8.27. The minimum atomic E-state index is -0.807. The van der Waals surface area contributed by atoms with Crippen LogP contribution >= 0.6 is 0 Å². The van der Waals surface area contributed by atoms with Crippen molar-refractivity contribution in [1.29, 1.82) is 0 Å². The normalized spacial score (nSPS) is 17.6. The van der Waals surface area contributed by atoms with Crippen LogP contribution in [0.4, 0.5) is 0 Å². The quantitative estimate of drug-likeness (QED) is 0.513. The van der Waals surface area contributed by atoms with Crippen LogP contribution in [0.15, 0.2) is 30.3 Å². The van der Waals surface area contributed by atoms with E-state index in [0.717, 1.165) is 18.4 Å². The standard InChI is InChI=1S/C18H25NO4/c20-13-19-17(23-12-15-8-2-1-3-9-15)11-16(18(21)22)10-14-6-4-5-7-14/h1-3,8-9,13-14,16-17H,4-7,10-12H2,(H,19,20)(H,21,22). The number of benzene rings is 1. The fourth-order valence-electron chi connectivity index (χ4n) is 3.24. The van der Waals surface area contributed by atoms with Gasteiger partial charge in [0, 0.05) is 6.42 Å². The predicted octanol–water partition coefficient (Wildman–Crippen LogP) is 2.95. The fourth-order valence-corrected chi connectivity index (χ4v) is 3.24. The average Bonchev–Trinajstić information content (AvgIpc) is 3.06. The molecule has 0 radical (unpaired) electrons. The summed E-state index contributed by atoms with van der Waals surface area (Å²) in [5, 5.41) is 12.1. The predicted molar refractivity (Wildman–Crippen MR) is 86.5 cm³/mol. The number of rotatable bonds is 10. The van der Waals surface area contributed by atoms with Crippen molar-refractivity contribution in [2.45, 2.75) is 51.4 Å². The van der Waals surface area contributed by atoms with Crippen LogP contribution in [0.3, 0.4) is 0 Å². The SMILES string of the molecule is O=CNC(CC(CC1CCCC1)C(=O)O)OCc1ccccc1. The van der Waals surface area contributed by atoms with E-state index in [9.17, 15) is 14.7 Å². The van der Waals surface area contributed by atoms with Gasteiger partial charge in [-0.25, -0.2) is 0 Å². The summed E-state index contributed by atoms with van der Waals surface area (Å²) in [6, 6.07) is 9.63. The van der Waals surface area contributed by atoms with E-state index >= 15 is 0 Å². The Balaban J connectivity index is 1.89. The number of carbonyl (C=O) groups is 2. The van der Waals surface area contributed by atoms with Crippen LogP contribution in [0.1, 0.15) is 44.1 Å². The zero-order chi connectivity index (χ0) is 16.5. The van der Waals surface area contributed by atoms with Gasteiger partial charge in [0.2, 0.25) is 6.41 Å². The second-order valence-corrected chi connectivity index (χ2v) is 6.23. The molecule has 0 bridgehead atoms. The van der Waals surface area contributed by atoms with Crippen molar-refractivity contribution in [2.24, 2.45) is 11.8 Å². The van der Waals surface area contributed by atoms with E-state index in [2.05, 4.69) is 5.32 Å². The van der Waals surface area contributed by atoms with Crippen molar-refractivity contribution in [3.8, 4) is 0 Å². The van der Waals surface area contributed by atoms with E-state index in [4.69, 9.17) is 4.74 Å². The summed E-state index contributed by atoms with van der Waals surface area (Å²) in [6.45, 7) is 0.349. The fraction of sp³-hybridized carbons (Fsp3) is 0.556. The highest BCUT2D eigenvalue weighted by Crippen LogP contribution is 2.32. The monoisotopic (exact) mass is 319 g/mol. The molecule has 23 heavy (non-hydrogen) atoms. The average molecular weight is 319 g/mol. The Morgan fingerprint density at radius 3 is 2.61 bits per heavy atom. The van der Waals surface area contributed by atoms with Crippen LogP contribution in [0.2, 0.25) is 0 Å². The summed E-state index contributed by atoms with van der Waals surface area (Å²) in [6.07, 6.45) is 5.58. The van der Waals surface area contributed by atoms with Gasteiger partial charge in [-0.15, -0.1) is 0 Å². The number of amides is 1. The minimum absolute atomic E-state index is 0.303. The largest absolute Gasteiger partial charge is 0.481 e. The van der Waals surface area contributed by atoms with Gasteiger partial charge < -0.3 is 15.2 Å². The van der Waals surface area contributed by atoms with E-state index in [1.807, 2.05) is 30.3 Å². The van der Waals surface area contributed by atoms with Crippen LogP contribution < -0.4 is 5.32 Å². The lowest BCUT2D eigenvalue weighted by Gasteiger charge is -2.23. The number of carbonyl (C=O) groups excluding carboxylic acids is 1. The molecule has 126 valence electrons. The van der Waals surface area contributed by atoms with Gasteiger partial charge in [-0.1, -0.05) is 56.0 Å². The molecule has 0 aliphatic heterocycles. The lowest BCUT2D eigenvalue weighted by atomic mass is 9.90. The number of ether oxygens (including phenoxy) is 1. The Labute approximate surface area is 137 Å². The van der Waals surface area contributed by atoms with Gasteiger partial charge in [-0.2, -0.15) is 0 Å². The van der Waals surface area contributed by atoms with Gasteiger partial charge >= 0.3 is 5.97 Å². The Kier molecular flexibility index (Phi) is 7.07. The summed E-state index contributed by atoms with van der Waals surface area (Å²) in [5.74, 6) is -0.800. The van der Waals surface area contributed by atoms with Gasteiger partial charge in [-0.05, 0) is 17.9 Å². The maximum absolute atomic E-state index is 11.5.